The zero-order valence-electron chi connectivity index (χ0n) is 10.6. The van der Waals surface area contributed by atoms with Gasteiger partial charge in [0.15, 0.2) is 0 Å². The Hall–Kier alpha value is -1.17. The van der Waals surface area contributed by atoms with Crippen molar-refractivity contribution in [2.24, 2.45) is 0 Å². The first-order valence-corrected chi connectivity index (χ1v) is 6.76. The quantitative estimate of drug-likeness (QED) is 0.864. The van der Waals surface area contributed by atoms with E-state index in [-0.39, 0.29) is 5.75 Å². The average Bonchev–Trinajstić information content (AvgIpc) is 2.58. The maximum Gasteiger partial charge on any atom is 0.321 e. The Bertz CT molecular complexity index is 452. The van der Waals surface area contributed by atoms with Crippen LogP contribution in [0.3, 0.4) is 0 Å². The number of hydrogen-bond acceptors (Lipinski definition) is 3. The molecule has 0 aliphatic rings. The van der Waals surface area contributed by atoms with Gasteiger partial charge in [0.05, 0.1) is 17.1 Å². The minimum absolute atomic E-state index is 0.216. The number of hydrogen-bond donors (Lipinski definition) is 1. The van der Waals surface area contributed by atoms with E-state index in [0.717, 1.165) is 11.4 Å². The van der Waals surface area contributed by atoms with Crippen LogP contribution in [0.2, 0.25) is 0 Å². The largest absolute Gasteiger partial charge is 0.480 e. The van der Waals surface area contributed by atoms with Gasteiger partial charge < -0.3 is 5.11 Å². The van der Waals surface area contributed by atoms with Crippen molar-refractivity contribution in [2.75, 3.05) is 0 Å². The maximum absolute atomic E-state index is 12.0. The summed E-state index contributed by atoms with van der Waals surface area (Å²) in [4.78, 5) is 11.0. The lowest BCUT2D eigenvalue weighted by Gasteiger charge is -2.18. The molecule has 0 fully saturated rings. The van der Waals surface area contributed by atoms with Crippen molar-refractivity contribution in [3.05, 3.63) is 17.5 Å². The first-order chi connectivity index (χ1) is 7.78. The summed E-state index contributed by atoms with van der Waals surface area (Å²) in [6.07, 6.45) is 0. The lowest BCUT2D eigenvalue weighted by Crippen LogP contribution is -2.37. The molecule has 1 N–H and O–H groups in total. The number of rotatable bonds is 5. The Morgan fingerprint density at radius 3 is 2.65 bits per heavy atom. The fourth-order valence-corrected chi connectivity index (χ4v) is 2.46. The molecule has 0 aliphatic carbocycles. The molecule has 1 unspecified atom stereocenters. The van der Waals surface area contributed by atoms with Crippen LogP contribution in [0.25, 0.3) is 0 Å². The van der Waals surface area contributed by atoms with Gasteiger partial charge in [-0.25, -0.2) is 0 Å². The molecule has 17 heavy (non-hydrogen) atoms. The molecule has 0 saturated heterocycles. The van der Waals surface area contributed by atoms with E-state index in [9.17, 15) is 9.00 Å². The smallest absolute Gasteiger partial charge is 0.321 e. The molecule has 1 aromatic heterocycles. The zero-order chi connectivity index (χ0) is 13.2. The van der Waals surface area contributed by atoms with Gasteiger partial charge >= 0.3 is 5.97 Å². The second-order valence-corrected chi connectivity index (χ2v) is 6.40. The van der Waals surface area contributed by atoms with Crippen molar-refractivity contribution in [3.8, 4) is 0 Å². The van der Waals surface area contributed by atoms with Crippen LogP contribution in [0.5, 0.6) is 0 Å². The molecule has 1 heterocycles. The number of aliphatic carboxylic acids is 1. The van der Waals surface area contributed by atoms with Crippen molar-refractivity contribution in [1.29, 1.82) is 0 Å². The second kappa shape index (κ2) is 5.00. The molecule has 0 saturated carbocycles. The molecular weight excluding hydrogens is 240 g/mol. The third-order valence-corrected chi connectivity index (χ3v) is 4.52. The molecule has 1 rings (SSSR count). The van der Waals surface area contributed by atoms with E-state index >= 15 is 0 Å². The van der Waals surface area contributed by atoms with Crippen molar-refractivity contribution < 1.29 is 14.1 Å². The highest BCUT2D eigenvalue weighted by Gasteiger charge is 2.34. The standard InChI is InChI=1S/C11H18N2O3S/c1-5-13-9(6-8(2)12-13)7-17(16)11(3,4)10(14)15/h6H,5,7H2,1-4H3,(H,14,15). The number of aryl methyl sites for hydroxylation is 2. The third-order valence-electron chi connectivity index (χ3n) is 2.65. The summed E-state index contributed by atoms with van der Waals surface area (Å²) in [5.41, 5.74) is 1.67. The Kier molecular flexibility index (Phi) is 4.08. The van der Waals surface area contributed by atoms with E-state index in [4.69, 9.17) is 5.11 Å². The molecule has 6 heteroatoms. The summed E-state index contributed by atoms with van der Waals surface area (Å²) >= 11 is 0. The minimum atomic E-state index is -1.47. The van der Waals surface area contributed by atoms with Gasteiger partial charge in [0.2, 0.25) is 0 Å². The number of carboxylic acid groups (broad SMARTS) is 1. The fraction of sp³-hybridized carbons (Fsp3) is 0.636. The number of carboxylic acids is 1. The molecule has 5 nitrogen and oxygen atoms in total. The molecule has 0 amide bonds. The SMILES string of the molecule is CCn1nc(C)cc1CS(=O)C(C)(C)C(=O)O. The van der Waals surface area contributed by atoms with Crippen LogP contribution in [-0.4, -0.2) is 29.8 Å². The van der Waals surface area contributed by atoms with E-state index in [0.29, 0.717) is 6.54 Å². The molecule has 0 radical (unpaired) electrons. The van der Waals surface area contributed by atoms with E-state index in [1.54, 1.807) is 4.68 Å². The van der Waals surface area contributed by atoms with Crippen molar-refractivity contribution >= 4 is 16.8 Å². The fourth-order valence-electron chi connectivity index (χ4n) is 1.40. The highest BCUT2D eigenvalue weighted by Crippen LogP contribution is 2.18. The van der Waals surface area contributed by atoms with Gasteiger partial charge in [-0.15, -0.1) is 0 Å². The summed E-state index contributed by atoms with van der Waals surface area (Å²) in [5.74, 6) is -0.830. The average molecular weight is 258 g/mol. The molecule has 96 valence electrons. The molecule has 0 spiro atoms. The van der Waals surface area contributed by atoms with Crippen LogP contribution in [0.15, 0.2) is 6.07 Å². The summed E-state index contributed by atoms with van der Waals surface area (Å²) in [7, 11) is -1.47. The number of carbonyl (C=O) groups is 1. The van der Waals surface area contributed by atoms with Crippen LogP contribution >= 0.6 is 0 Å². The van der Waals surface area contributed by atoms with Crippen molar-refractivity contribution in [2.45, 2.75) is 44.7 Å². The van der Waals surface area contributed by atoms with E-state index < -0.39 is 21.5 Å². The minimum Gasteiger partial charge on any atom is -0.480 e. The number of aromatic nitrogens is 2. The Morgan fingerprint density at radius 1 is 1.59 bits per heavy atom. The Balaban J connectivity index is 2.91. The van der Waals surface area contributed by atoms with Gasteiger partial charge in [-0.05, 0) is 33.8 Å². The molecule has 1 aromatic rings. The second-order valence-electron chi connectivity index (χ2n) is 4.40. The molecule has 0 aliphatic heterocycles. The van der Waals surface area contributed by atoms with Crippen LogP contribution in [-0.2, 0) is 27.9 Å². The monoisotopic (exact) mass is 258 g/mol. The Labute approximate surface area is 103 Å². The first-order valence-electron chi connectivity index (χ1n) is 5.44. The van der Waals surface area contributed by atoms with Crippen molar-refractivity contribution in [1.82, 2.24) is 9.78 Å². The van der Waals surface area contributed by atoms with E-state index in [1.807, 2.05) is 19.9 Å². The molecular formula is C11H18N2O3S. The molecule has 1 atom stereocenters. The summed E-state index contributed by atoms with van der Waals surface area (Å²) in [5, 5.41) is 13.2. The Morgan fingerprint density at radius 2 is 2.18 bits per heavy atom. The first kappa shape index (κ1) is 13.9. The summed E-state index contributed by atoms with van der Waals surface area (Å²) in [6, 6.07) is 1.85. The van der Waals surface area contributed by atoms with Gasteiger partial charge in [-0.1, -0.05) is 0 Å². The van der Waals surface area contributed by atoms with E-state index in [2.05, 4.69) is 5.10 Å². The van der Waals surface area contributed by atoms with Gasteiger partial charge in [-0.3, -0.25) is 13.7 Å². The van der Waals surface area contributed by atoms with E-state index in [1.165, 1.54) is 13.8 Å². The van der Waals surface area contributed by atoms with Crippen LogP contribution in [0, 0.1) is 6.92 Å². The van der Waals surface area contributed by atoms with Gasteiger partial charge in [0.25, 0.3) is 0 Å². The van der Waals surface area contributed by atoms with Gasteiger partial charge in [-0.2, -0.15) is 5.10 Å². The normalized spacial score (nSPS) is 13.6. The van der Waals surface area contributed by atoms with Crippen LogP contribution < -0.4 is 0 Å². The highest BCUT2D eigenvalue weighted by atomic mass is 32.2. The van der Waals surface area contributed by atoms with Crippen LogP contribution in [0.1, 0.15) is 32.2 Å². The highest BCUT2D eigenvalue weighted by molar-refractivity contribution is 7.86. The lowest BCUT2D eigenvalue weighted by atomic mass is 10.2. The predicted octanol–water partition coefficient (Wildman–Crippen LogP) is 1.32. The molecule has 0 bridgehead atoms. The van der Waals surface area contributed by atoms with Crippen molar-refractivity contribution in [3.63, 3.8) is 0 Å². The topological polar surface area (TPSA) is 72.2 Å². The number of nitrogens with zero attached hydrogens (tertiary/aromatic N) is 2. The zero-order valence-corrected chi connectivity index (χ0v) is 11.4. The third kappa shape index (κ3) is 2.94. The molecule has 0 aromatic carbocycles. The van der Waals surface area contributed by atoms with Gasteiger partial charge in [0.1, 0.15) is 4.75 Å². The maximum atomic E-state index is 12.0. The lowest BCUT2D eigenvalue weighted by molar-refractivity contribution is -0.139. The van der Waals surface area contributed by atoms with Gasteiger partial charge in [0, 0.05) is 17.3 Å². The summed E-state index contributed by atoms with van der Waals surface area (Å²) in [6.45, 7) is 7.45. The van der Waals surface area contributed by atoms with Crippen LogP contribution in [0.4, 0.5) is 0 Å². The predicted molar refractivity (Wildman–Crippen MR) is 66.2 cm³/mol. The summed E-state index contributed by atoms with van der Waals surface area (Å²) < 4.78 is 12.6.